The zero-order chi connectivity index (χ0) is 19.6. The molecule has 0 saturated heterocycles. The highest BCUT2D eigenvalue weighted by Crippen LogP contribution is 2.38. The van der Waals surface area contributed by atoms with E-state index in [-0.39, 0.29) is 16.8 Å². The molecule has 1 aliphatic heterocycles. The van der Waals surface area contributed by atoms with Crippen LogP contribution in [0.15, 0.2) is 41.3 Å². The topological polar surface area (TPSA) is 81.7 Å². The summed E-state index contributed by atoms with van der Waals surface area (Å²) in [5.41, 5.74) is 1.15. The van der Waals surface area contributed by atoms with Crippen molar-refractivity contribution in [1.29, 1.82) is 0 Å². The van der Waals surface area contributed by atoms with Gasteiger partial charge in [-0.1, -0.05) is 23.7 Å². The number of amides is 1. The highest BCUT2D eigenvalue weighted by atomic mass is 35.5. The van der Waals surface area contributed by atoms with E-state index in [1.807, 2.05) is 6.92 Å². The molecule has 1 atom stereocenters. The van der Waals surface area contributed by atoms with Crippen molar-refractivity contribution in [1.82, 2.24) is 5.32 Å². The van der Waals surface area contributed by atoms with Crippen LogP contribution in [0.4, 0.5) is 0 Å². The average Bonchev–Trinajstić information content (AvgIpc) is 2.87. The summed E-state index contributed by atoms with van der Waals surface area (Å²) < 4.78 is 34.3. The summed E-state index contributed by atoms with van der Waals surface area (Å²) in [5.74, 6) is 0.595. The molecule has 0 fully saturated rings. The van der Waals surface area contributed by atoms with Crippen LogP contribution in [-0.2, 0) is 9.84 Å². The molecule has 27 heavy (non-hydrogen) atoms. The first-order chi connectivity index (χ1) is 12.8. The van der Waals surface area contributed by atoms with E-state index in [1.54, 1.807) is 24.3 Å². The van der Waals surface area contributed by atoms with Crippen LogP contribution in [0.5, 0.6) is 11.5 Å². The van der Waals surface area contributed by atoms with Crippen LogP contribution < -0.4 is 14.8 Å². The minimum absolute atomic E-state index is 0.236. The molecule has 6 nitrogen and oxygen atoms in total. The number of ether oxygens (including phenoxy) is 2. The molecule has 2 aromatic carbocycles. The van der Waals surface area contributed by atoms with E-state index in [1.165, 1.54) is 12.1 Å². The smallest absolute Gasteiger partial charge is 0.251 e. The van der Waals surface area contributed by atoms with Crippen molar-refractivity contribution in [2.24, 2.45) is 0 Å². The highest BCUT2D eigenvalue weighted by molar-refractivity contribution is 7.90. The first kappa shape index (κ1) is 19.5. The third-order valence-electron chi connectivity index (χ3n) is 4.22. The molecule has 1 N–H and O–H groups in total. The maximum absolute atomic E-state index is 12.6. The molecule has 1 amide bonds. The Balaban J connectivity index is 1.77. The fourth-order valence-electron chi connectivity index (χ4n) is 2.73. The van der Waals surface area contributed by atoms with Gasteiger partial charge >= 0.3 is 0 Å². The maximum atomic E-state index is 12.6. The van der Waals surface area contributed by atoms with Gasteiger partial charge in [-0.05, 0) is 36.8 Å². The zero-order valence-corrected chi connectivity index (χ0v) is 16.6. The Morgan fingerprint density at radius 1 is 1.15 bits per heavy atom. The van der Waals surface area contributed by atoms with Crippen LogP contribution in [0.2, 0.25) is 5.02 Å². The molecule has 0 aromatic heterocycles. The number of hydrogen-bond donors (Lipinski definition) is 1. The summed E-state index contributed by atoms with van der Waals surface area (Å²) >= 11 is 6.24. The van der Waals surface area contributed by atoms with Crippen LogP contribution in [-0.4, -0.2) is 33.8 Å². The summed E-state index contributed by atoms with van der Waals surface area (Å²) in [6.45, 7) is 2.83. The SMILES string of the molecule is C[C@H](NC(=O)c1cc(Cl)c2c(c1)OCCCO2)c1ccc(S(C)(=O)=O)cc1. The van der Waals surface area contributed by atoms with Crippen LogP contribution in [0.1, 0.15) is 35.3 Å². The number of sulfone groups is 1. The van der Waals surface area contributed by atoms with Crippen LogP contribution in [0.3, 0.4) is 0 Å². The number of halogens is 1. The molecule has 0 radical (unpaired) electrons. The second kappa shape index (κ2) is 7.78. The van der Waals surface area contributed by atoms with Gasteiger partial charge in [-0.2, -0.15) is 0 Å². The molecule has 0 unspecified atom stereocenters. The Labute approximate surface area is 163 Å². The van der Waals surface area contributed by atoms with E-state index < -0.39 is 9.84 Å². The summed E-state index contributed by atoms with van der Waals surface area (Å²) in [6, 6.07) is 9.26. The standard InChI is InChI=1S/C19H20ClNO5S/c1-12(13-4-6-15(7-5-13)27(2,23)24)21-19(22)14-10-16(20)18-17(11-14)25-8-3-9-26-18/h4-7,10-12H,3,8-9H2,1-2H3,(H,21,22)/t12-/m0/s1. The minimum Gasteiger partial charge on any atom is -0.489 e. The molecular weight excluding hydrogens is 390 g/mol. The van der Waals surface area contributed by atoms with Gasteiger partial charge < -0.3 is 14.8 Å². The molecule has 0 spiro atoms. The lowest BCUT2D eigenvalue weighted by Crippen LogP contribution is -2.26. The third-order valence-corrected chi connectivity index (χ3v) is 5.63. The van der Waals surface area contributed by atoms with Gasteiger partial charge in [0.25, 0.3) is 5.91 Å². The Morgan fingerprint density at radius 3 is 2.48 bits per heavy atom. The summed E-state index contributed by atoms with van der Waals surface area (Å²) in [4.78, 5) is 12.9. The minimum atomic E-state index is -3.26. The molecule has 0 bridgehead atoms. The molecule has 2 aromatic rings. The largest absolute Gasteiger partial charge is 0.489 e. The maximum Gasteiger partial charge on any atom is 0.251 e. The number of rotatable bonds is 4. The van der Waals surface area contributed by atoms with E-state index in [9.17, 15) is 13.2 Å². The van der Waals surface area contributed by atoms with Gasteiger partial charge in [0.15, 0.2) is 21.3 Å². The predicted molar refractivity (Wildman–Crippen MR) is 102 cm³/mol. The van der Waals surface area contributed by atoms with Gasteiger partial charge in [0.05, 0.1) is 29.2 Å². The summed E-state index contributed by atoms with van der Waals surface area (Å²) in [7, 11) is -3.26. The Bertz CT molecular complexity index is 957. The van der Waals surface area contributed by atoms with Crippen molar-refractivity contribution in [2.75, 3.05) is 19.5 Å². The van der Waals surface area contributed by atoms with Crippen molar-refractivity contribution in [2.45, 2.75) is 24.3 Å². The zero-order valence-electron chi connectivity index (χ0n) is 15.0. The van der Waals surface area contributed by atoms with Gasteiger partial charge in [-0.3, -0.25) is 4.79 Å². The average molecular weight is 410 g/mol. The number of nitrogens with one attached hydrogen (secondary N) is 1. The summed E-state index contributed by atoms with van der Waals surface area (Å²) in [6.07, 6.45) is 1.90. The van der Waals surface area contributed by atoms with Crippen molar-refractivity contribution in [3.8, 4) is 11.5 Å². The monoisotopic (exact) mass is 409 g/mol. The van der Waals surface area contributed by atoms with Gasteiger partial charge in [0.1, 0.15) is 0 Å². The van der Waals surface area contributed by atoms with Gasteiger partial charge in [0, 0.05) is 18.2 Å². The molecule has 144 valence electrons. The second-order valence-corrected chi connectivity index (χ2v) is 8.80. The lowest BCUT2D eigenvalue weighted by Gasteiger charge is -2.16. The quantitative estimate of drug-likeness (QED) is 0.836. The van der Waals surface area contributed by atoms with Crippen LogP contribution >= 0.6 is 11.6 Å². The molecule has 0 saturated carbocycles. The van der Waals surface area contributed by atoms with Crippen molar-refractivity contribution in [3.63, 3.8) is 0 Å². The second-order valence-electron chi connectivity index (χ2n) is 6.37. The van der Waals surface area contributed by atoms with Crippen molar-refractivity contribution >= 4 is 27.3 Å². The van der Waals surface area contributed by atoms with Crippen LogP contribution in [0, 0.1) is 0 Å². The van der Waals surface area contributed by atoms with E-state index in [2.05, 4.69) is 5.32 Å². The van der Waals surface area contributed by atoms with Gasteiger partial charge in [0.2, 0.25) is 0 Å². The summed E-state index contributed by atoms with van der Waals surface area (Å²) in [5, 5.41) is 3.20. The lowest BCUT2D eigenvalue weighted by atomic mass is 10.1. The molecule has 0 aliphatic carbocycles. The molecule has 1 heterocycles. The van der Waals surface area contributed by atoms with Crippen molar-refractivity contribution in [3.05, 3.63) is 52.5 Å². The third kappa shape index (κ3) is 4.54. The fourth-order valence-corrected chi connectivity index (χ4v) is 3.62. The number of benzene rings is 2. The highest BCUT2D eigenvalue weighted by Gasteiger charge is 2.20. The Hall–Kier alpha value is -2.25. The first-order valence-corrected chi connectivity index (χ1v) is 10.7. The normalized spacial score (nSPS) is 14.9. The number of carbonyl (C=O) groups excluding carboxylic acids is 1. The lowest BCUT2D eigenvalue weighted by molar-refractivity contribution is 0.0939. The first-order valence-electron chi connectivity index (χ1n) is 8.46. The van der Waals surface area contributed by atoms with E-state index in [0.29, 0.717) is 35.3 Å². The van der Waals surface area contributed by atoms with Crippen LogP contribution in [0.25, 0.3) is 0 Å². The van der Waals surface area contributed by atoms with Gasteiger partial charge in [-0.15, -0.1) is 0 Å². The Morgan fingerprint density at radius 2 is 1.81 bits per heavy atom. The molecule has 8 heteroatoms. The predicted octanol–water partition coefficient (Wildman–Crippen LogP) is 3.40. The van der Waals surface area contributed by atoms with E-state index in [4.69, 9.17) is 21.1 Å². The molecule has 3 rings (SSSR count). The van der Waals surface area contributed by atoms with E-state index >= 15 is 0 Å². The molecular formula is C19H20ClNO5S. The van der Waals surface area contributed by atoms with E-state index in [0.717, 1.165) is 18.2 Å². The molecule has 1 aliphatic rings. The number of hydrogen-bond acceptors (Lipinski definition) is 5. The van der Waals surface area contributed by atoms with Gasteiger partial charge in [-0.25, -0.2) is 8.42 Å². The van der Waals surface area contributed by atoms with Crippen molar-refractivity contribution < 1.29 is 22.7 Å². The number of fused-ring (bicyclic) bond motifs is 1. The Kier molecular flexibility index (Phi) is 5.62. The number of carbonyl (C=O) groups is 1. The fraction of sp³-hybridized carbons (Fsp3) is 0.316.